The van der Waals surface area contributed by atoms with Crippen LogP contribution >= 0.6 is 0 Å². The first-order valence-electron chi connectivity index (χ1n) is 11.2. The summed E-state index contributed by atoms with van der Waals surface area (Å²) in [4.78, 5) is 53.7. The van der Waals surface area contributed by atoms with Crippen molar-refractivity contribution in [3.63, 3.8) is 0 Å². The zero-order chi connectivity index (χ0) is 23.7. The molecule has 1 N–H and O–H groups in total. The van der Waals surface area contributed by atoms with Gasteiger partial charge in [-0.15, -0.1) is 0 Å². The number of carbonyl (C=O) groups is 4. The Hall–Kier alpha value is -2.90. The molecule has 1 aromatic rings. The quantitative estimate of drug-likeness (QED) is 0.585. The fourth-order valence-electron chi connectivity index (χ4n) is 3.92. The van der Waals surface area contributed by atoms with Crippen LogP contribution in [0.1, 0.15) is 45.1 Å². The monoisotopic (exact) mass is 445 g/mol. The Balaban J connectivity index is 2.14. The van der Waals surface area contributed by atoms with E-state index in [1.807, 2.05) is 30.3 Å². The number of piperidine rings is 1. The Morgan fingerprint density at radius 1 is 1.06 bits per heavy atom. The van der Waals surface area contributed by atoms with E-state index in [4.69, 9.17) is 0 Å². The molecular weight excluding hydrogens is 410 g/mol. The summed E-state index contributed by atoms with van der Waals surface area (Å²) < 4.78 is 4.66. The summed E-state index contributed by atoms with van der Waals surface area (Å²) in [7, 11) is 2.83. The van der Waals surface area contributed by atoms with Crippen molar-refractivity contribution in [2.24, 2.45) is 5.92 Å². The number of likely N-dealkylation sites (tertiary alicyclic amines) is 1. The number of hydrogen-bond acceptors (Lipinski definition) is 5. The number of hydrogen-bond donors (Lipinski definition) is 1. The van der Waals surface area contributed by atoms with Crippen molar-refractivity contribution in [1.82, 2.24) is 15.1 Å². The van der Waals surface area contributed by atoms with Gasteiger partial charge in [-0.25, -0.2) is 0 Å². The van der Waals surface area contributed by atoms with Crippen molar-refractivity contribution in [2.75, 3.05) is 27.2 Å². The van der Waals surface area contributed by atoms with Crippen LogP contribution in [-0.2, 0) is 30.3 Å². The third kappa shape index (κ3) is 7.07. The average Bonchev–Trinajstić information content (AvgIpc) is 2.81. The molecule has 0 bridgehead atoms. The Kier molecular flexibility index (Phi) is 9.68. The van der Waals surface area contributed by atoms with E-state index in [-0.39, 0.29) is 18.2 Å². The van der Waals surface area contributed by atoms with Crippen LogP contribution in [0, 0.1) is 5.92 Å². The first-order valence-corrected chi connectivity index (χ1v) is 11.2. The van der Waals surface area contributed by atoms with E-state index in [0.29, 0.717) is 19.5 Å². The molecule has 1 heterocycles. The van der Waals surface area contributed by atoms with Crippen LogP contribution in [0.3, 0.4) is 0 Å². The molecule has 0 aromatic heterocycles. The van der Waals surface area contributed by atoms with E-state index in [1.165, 1.54) is 12.0 Å². The van der Waals surface area contributed by atoms with Gasteiger partial charge in [0, 0.05) is 32.5 Å². The van der Waals surface area contributed by atoms with Gasteiger partial charge in [-0.05, 0) is 31.7 Å². The standard InChI is InChI=1S/C24H35N3O5/c1-17(15-21(28)32-4)23(30)26(3)20(16-19-11-7-5-8-12-19)22(29)25-18(2)24(31)27-13-9-6-10-14-27/h5,7-8,11-12,17-18,20H,6,9-10,13-16H2,1-4H3,(H,25,29)/t17-,18-,20-/m0/s1. The molecule has 3 amide bonds. The first-order chi connectivity index (χ1) is 15.2. The summed E-state index contributed by atoms with van der Waals surface area (Å²) in [5, 5.41) is 2.81. The van der Waals surface area contributed by atoms with Gasteiger partial charge in [-0.1, -0.05) is 37.3 Å². The van der Waals surface area contributed by atoms with Gasteiger partial charge in [-0.3, -0.25) is 19.2 Å². The average molecular weight is 446 g/mol. The van der Waals surface area contributed by atoms with Gasteiger partial charge in [0.2, 0.25) is 17.7 Å². The maximum atomic E-state index is 13.2. The number of carbonyl (C=O) groups excluding carboxylic acids is 4. The zero-order valence-corrected chi connectivity index (χ0v) is 19.5. The third-order valence-electron chi connectivity index (χ3n) is 5.91. The van der Waals surface area contributed by atoms with Crippen LogP contribution in [0.25, 0.3) is 0 Å². The van der Waals surface area contributed by atoms with Crippen molar-refractivity contribution in [1.29, 1.82) is 0 Å². The molecule has 1 aliphatic heterocycles. The molecule has 0 aliphatic carbocycles. The normalized spacial score (nSPS) is 16.4. The summed E-state index contributed by atoms with van der Waals surface area (Å²) in [6, 6.07) is 7.89. The molecule has 0 saturated carbocycles. The fraction of sp³-hybridized carbons (Fsp3) is 0.583. The lowest BCUT2D eigenvalue weighted by atomic mass is 10.0. The number of likely N-dealkylation sites (N-methyl/N-ethyl adjacent to an activating group) is 1. The van der Waals surface area contributed by atoms with E-state index < -0.39 is 29.9 Å². The van der Waals surface area contributed by atoms with Gasteiger partial charge < -0.3 is 19.9 Å². The van der Waals surface area contributed by atoms with E-state index in [1.54, 1.807) is 25.8 Å². The molecule has 2 rings (SSSR count). The summed E-state index contributed by atoms with van der Waals surface area (Å²) in [6.45, 7) is 4.72. The number of benzene rings is 1. The van der Waals surface area contributed by atoms with Crippen molar-refractivity contribution in [2.45, 2.75) is 58.0 Å². The Labute approximate surface area is 190 Å². The number of ether oxygens (including phenoxy) is 1. The number of nitrogens with zero attached hydrogens (tertiary/aromatic N) is 2. The number of rotatable bonds is 9. The van der Waals surface area contributed by atoms with Gasteiger partial charge in [0.1, 0.15) is 12.1 Å². The Bertz CT molecular complexity index is 792. The number of amides is 3. The molecule has 8 heteroatoms. The number of nitrogens with one attached hydrogen (secondary N) is 1. The lowest BCUT2D eigenvalue weighted by Crippen LogP contribution is -2.55. The van der Waals surface area contributed by atoms with E-state index in [0.717, 1.165) is 24.8 Å². The molecule has 8 nitrogen and oxygen atoms in total. The molecular formula is C24H35N3O5. The highest BCUT2D eigenvalue weighted by Gasteiger charge is 2.33. The van der Waals surface area contributed by atoms with Crippen LogP contribution in [0.4, 0.5) is 0 Å². The van der Waals surface area contributed by atoms with Crippen molar-refractivity contribution in [3.05, 3.63) is 35.9 Å². The van der Waals surface area contributed by atoms with Gasteiger partial charge in [0.05, 0.1) is 13.5 Å². The van der Waals surface area contributed by atoms with Crippen LogP contribution < -0.4 is 5.32 Å². The molecule has 32 heavy (non-hydrogen) atoms. The lowest BCUT2D eigenvalue weighted by molar-refractivity contribution is -0.148. The second-order valence-electron chi connectivity index (χ2n) is 8.45. The zero-order valence-electron chi connectivity index (χ0n) is 19.5. The van der Waals surface area contributed by atoms with Gasteiger partial charge in [0.15, 0.2) is 0 Å². The molecule has 1 fully saturated rings. The maximum absolute atomic E-state index is 13.2. The molecule has 1 saturated heterocycles. The highest BCUT2D eigenvalue weighted by molar-refractivity contribution is 5.93. The van der Waals surface area contributed by atoms with Crippen LogP contribution in [-0.4, -0.2) is 72.8 Å². The molecule has 1 aromatic carbocycles. The molecule has 3 atom stereocenters. The topological polar surface area (TPSA) is 96.0 Å². The van der Waals surface area contributed by atoms with E-state index in [2.05, 4.69) is 10.1 Å². The predicted octanol–water partition coefficient (Wildman–Crippen LogP) is 1.77. The molecule has 176 valence electrons. The van der Waals surface area contributed by atoms with E-state index >= 15 is 0 Å². The van der Waals surface area contributed by atoms with Gasteiger partial charge in [0.25, 0.3) is 0 Å². The fourth-order valence-corrected chi connectivity index (χ4v) is 3.92. The lowest BCUT2D eigenvalue weighted by Gasteiger charge is -2.32. The Morgan fingerprint density at radius 2 is 1.69 bits per heavy atom. The van der Waals surface area contributed by atoms with Gasteiger partial charge in [-0.2, -0.15) is 0 Å². The largest absolute Gasteiger partial charge is 0.469 e. The smallest absolute Gasteiger partial charge is 0.306 e. The van der Waals surface area contributed by atoms with Crippen molar-refractivity contribution in [3.8, 4) is 0 Å². The Morgan fingerprint density at radius 3 is 2.28 bits per heavy atom. The predicted molar refractivity (Wildman–Crippen MR) is 121 cm³/mol. The second kappa shape index (κ2) is 12.2. The third-order valence-corrected chi connectivity index (χ3v) is 5.91. The van der Waals surface area contributed by atoms with Crippen molar-refractivity contribution < 1.29 is 23.9 Å². The minimum atomic E-state index is -0.818. The molecule has 0 unspecified atom stereocenters. The summed E-state index contributed by atoms with van der Waals surface area (Å²) >= 11 is 0. The molecule has 0 radical (unpaired) electrons. The number of esters is 1. The first kappa shape index (κ1) is 25.4. The minimum Gasteiger partial charge on any atom is -0.469 e. The minimum absolute atomic E-state index is 0.0663. The second-order valence-corrected chi connectivity index (χ2v) is 8.45. The summed E-state index contributed by atoms with van der Waals surface area (Å²) in [5.74, 6) is -1.95. The highest BCUT2D eigenvalue weighted by atomic mass is 16.5. The molecule has 0 spiro atoms. The highest BCUT2D eigenvalue weighted by Crippen LogP contribution is 2.15. The van der Waals surface area contributed by atoms with Crippen LogP contribution in [0.15, 0.2) is 30.3 Å². The number of methoxy groups -OCH3 is 1. The maximum Gasteiger partial charge on any atom is 0.306 e. The molecule has 1 aliphatic rings. The van der Waals surface area contributed by atoms with Crippen LogP contribution in [0.5, 0.6) is 0 Å². The van der Waals surface area contributed by atoms with Crippen LogP contribution in [0.2, 0.25) is 0 Å². The van der Waals surface area contributed by atoms with Gasteiger partial charge >= 0.3 is 5.97 Å². The summed E-state index contributed by atoms with van der Waals surface area (Å²) in [5.41, 5.74) is 0.892. The SMILES string of the molecule is COC(=O)C[C@H](C)C(=O)N(C)[C@@H](Cc1ccccc1)C(=O)N[C@@H](C)C(=O)N1CCCCC1. The van der Waals surface area contributed by atoms with E-state index in [9.17, 15) is 19.2 Å². The van der Waals surface area contributed by atoms with Crippen molar-refractivity contribution >= 4 is 23.7 Å². The summed E-state index contributed by atoms with van der Waals surface area (Å²) in [6.07, 6.45) is 3.28.